The van der Waals surface area contributed by atoms with E-state index in [9.17, 15) is 10.1 Å². The number of aromatic nitrogens is 1. The molecule has 148 valence electrons. The molecule has 2 aromatic heterocycles. The summed E-state index contributed by atoms with van der Waals surface area (Å²) in [5.74, 6) is 0. The van der Waals surface area contributed by atoms with Crippen LogP contribution in [0, 0.1) is 11.3 Å². The van der Waals surface area contributed by atoms with Gasteiger partial charge >= 0.3 is 5.63 Å². The topological polar surface area (TPSA) is 66.9 Å². The molecule has 0 fully saturated rings. The Labute approximate surface area is 194 Å². The molecule has 4 nitrogen and oxygen atoms in total. The van der Waals surface area contributed by atoms with Crippen LogP contribution in [-0.2, 0) is 0 Å². The highest BCUT2D eigenvalue weighted by Gasteiger charge is 2.15. The Morgan fingerprint density at radius 3 is 2.60 bits per heavy atom. The van der Waals surface area contributed by atoms with Gasteiger partial charge < -0.3 is 4.42 Å². The number of rotatable bonds is 3. The van der Waals surface area contributed by atoms with Crippen molar-refractivity contribution in [2.75, 3.05) is 0 Å². The van der Waals surface area contributed by atoms with Gasteiger partial charge in [-0.05, 0) is 42.0 Å². The molecular formula is C21H8Cl4N2O2S. The average molecular weight is 494 g/mol. The molecule has 0 aliphatic carbocycles. The maximum Gasteiger partial charge on any atom is 0.345 e. The largest absolute Gasteiger partial charge is 0.421 e. The van der Waals surface area contributed by atoms with Crippen LogP contribution in [0.4, 0.5) is 0 Å². The van der Waals surface area contributed by atoms with Crippen molar-refractivity contribution in [1.29, 1.82) is 5.26 Å². The van der Waals surface area contributed by atoms with Crippen LogP contribution < -0.4 is 5.63 Å². The van der Waals surface area contributed by atoms with Crippen molar-refractivity contribution < 1.29 is 4.42 Å². The van der Waals surface area contributed by atoms with Crippen LogP contribution in [0.25, 0.3) is 33.9 Å². The first-order valence-corrected chi connectivity index (χ1v) is 10.7. The van der Waals surface area contributed by atoms with Gasteiger partial charge in [-0.2, -0.15) is 5.26 Å². The van der Waals surface area contributed by atoms with Gasteiger partial charge in [0.2, 0.25) is 0 Å². The van der Waals surface area contributed by atoms with Crippen molar-refractivity contribution in [3.05, 3.63) is 82.9 Å². The van der Waals surface area contributed by atoms with Gasteiger partial charge in [0, 0.05) is 15.8 Å². The molecule has 30 heavy (non-hydrogen) atoms. The van der Waals surface area contributed by atoms with Crippen molar-refractivity contribution in [3.63, 3.8) is 0 Å². The van der Waals surface area contributed by atoms with Crippen LogP contribution in [0.15, 0.2) is 51.0 Å². The summed E-state index contributed by atoms with van der Waals surface area (Å²) < 4.78 is 5.36. The van der Waals surface area contributed by atoms with Crippen LogP contribution in [-0.4, -0.2) is 4.98 Å². The molecule has 0 radical (unpaired) electrons. The van der Waals surface area contributed by atoms with E-state index in [-0.39, 0.29) is 16.2 Å². The molecule has 2 aromatic carbocycles. The Morgan fingerprint density at radius 1 is 1.07 bits per heavy atom. The van der Waals surface area contributed by atoms with Crippen LogP contribution in [0.5, 0.6) is 0 Å². The molecule has 4 aromatic rings. The van der Waals surface area contributed by atoms with Crippen molar-refractivity contribution in [3.8, 4) is 17.3 Å². The predicted octanol–water partition coefficient (Wildman–Crippen LogP) is 7.59. The zero-order valence-electron chi connectivity index (χ0n) is 14.7. The number of thiazole rings is 1. The molecule has 9 heteroatoms. The van der Waals surface area contributed by atoms with Crippen molar-refractivity contribution in [1.82, 2.24) is 4.98 Å². The maximum absolute atomic E-state index is 12.5. The molecule has 0 aliphatic heterocycles. The van der Waals surface area contributed by atoms with Crippen LogP contribution >= 0.6 is 57.7 Å². The van der Waals surface area contributed by atoms with E-state index in [2.05, 4.69) is 11.1 Å². The lowest BCUT2D eigenvalue weighted by Gasteiger charge is -2.02. The molecule has 0 aliphatic rings. The molecule has 0 bridgehead atoms. The fourth-order valence-corrected chi connectivity index (χ4v) is 4.41. The Hall–Kier alpha value is -2.33. The lowest BCUT2D eigenvalue weighted by molar-refractivity contribution is 0.563. The van der Waals surface area contributed by atoms with Gasteiger partial charge in [-0.15, -0.1) is 11.3 Å². The third-order valence-electron chi connectivity index (χ3n) is 4.14. The second-order valence-corrected chi connectivity index (χ2v) is 8.65. The molecule has 0 spiro atoms. The van der Waals surface area contributed by atoms with Gasteiger partial charge in [-0.1, -0.05) is 52.5 Å². The van der Waals surface area contributed by atoms with Gasteiger partial charge in [0.15, 0.2) is 5.58 Å². The minimum atomic E-state index is -0.587. The standard InChI is InChI=1S/C21H8Cl4N2O2S/c22-13-5-11-6-14(21(28)29-19(11)17(25)7-13)18-9-30-20(27-18)12(8-26)3-10-1-2-15(23)16(24)4-10/h1-7,9H/b12-3-. The summed E-state index contributed by atoms with van der Waals surface area (Å²) in [4.78, 5) is 16.9. The first kappa shape index (κ1) is 20.9. The maximum atomic E-state index is 12.5. The van der Waals surface area contributed by atoms with E-state index in [0.717, 1.165) is 0 Å². The molecular weight excluding hydrogens is 486 g/mol. The molecule has 0 N–H and O–H groups in total. The summed E-state index contributed by atoms with van der Waals surface area (Å²) in [7, 11) is 0. The van der Waals surface area contributed by atoms with Gasteiger partial charge in [-0.25, -0.2) is 9.78 Å². The van der Waals surface area contributed by atoms with Crippen molar-refractivity contribution >= 4 is 80.4 Å². The summed E-state index contributed by atoms with van der Waals surface area (Å²) in [6.45, 7) is 0. The lowest BCUT2D eigenvalue weighted by Crippen LogP contribution is -2.03. The third kappa shape index (κ3) is 4.11. The smallest absolute Gasteiger partial charge is 0.345 e. The highest BCUT2D eigenvalue weighted by atomic mass is 35.5. The number of allylic oxidation sites excluding steroid dienone is 1. The number of fused-ring (bicyclic) bond motifs is 1. The van der Waals surface area contributed by atoms with E-state index in [0.29, 0.717) is 42.3 Å². The number of benzene rings is 2. The highest BCUT2D eigenvalue weighted by Crippen LogP contribution is 2.31. The molecule has 0 saturated carbocycles. The summed E-state index contributed by atoms with van der Waals surface area (Å²) >= 11 is 25.3. The number of halogens is 4. The monoisotopic (exact) mass is 492 g/mol. The van der Waals surface area contributed by atoms with Gasteiger partial charge in [-0.3, -0.25) is 0 Å². The first-order chi connectivity index (χ1) is 14.4. The Bertz CT molecular complexity index is 1430. The van der Waals surface area contributed by atoms with Crippen molar-refractivity contribution in [2.24, 2.45) is 0 Å². The molecule has 0 atom stereocenters. The van der Waals surface area contributed by atoms with E-state index in [4.69, 9.17) is 50.8 Å². The predicted molar refractivity (Wildman–Crippen MR) is 124 cm³/mol. The van der Waals surface area contributed by atoms with Gasteiger partial charge in [0.1, 0.15) is 11.1 Å². The molecule has 4 rings (SSSR count). The number of nitrogens with zero attached hydrogens (tertiary/aromatic N) is 2. The van der Waals surface area contributed by atoms with E-state index >= 15 is 0 Å². The summed E-state index contributed by atoms with van der Waals surface area (Å²) in [6, 6.07) is 11.9. The van der Waals surface area contributed by atoms with E-state index in [1.165, 1.54) is 17.4 Å². The summed E-state index contributed by atoms with van der Waals surface area (Å²) in [5.41, 5.74) is 1.32. The number of nitriles is 1. The molecule has 2 heterocycles. The SMILES string of the molecule is N#C/C(=C/c1ccc(Cl)c(Cl)c1)c1nc(-c2cc3cc(Cl)cc(Cl)c3oc2=O)cs1. The normalized spacial score (nSPS) is 11.6. The second-order valence-electron chi connectivity index (χ2n) is 6.13. The number of hydrogen-bond acceptors (Lipinski definition) is 5. The molecule has 0 saturated heterocycles. The minimum Gasteiger partial charge on any atom is -0.421 e. The zero-order valence-corrected chi connectivity index (χ0v) is 18.6. The molecule has 0 amide bonds. The number of hydrogen-bond donors (Lipinski definition) is 0. The fraction of sp³-hybridized carbons (Fsp3) is 0. The minimum absolute atomic E-state index is 0.246. The third-order valence-corrected chi connectivity index (χ3v) is 6.25. The second kappa shape index (κ2) is 8.43. The zero-order chi connectivity index (χ0) is 21.4. The quantitative estimate of drug-likeness (QED) is 0.217. The van der Waals surface area contributed by atoms with E-state index in [1.54, 1.807) is 41.8 Å². The Balaban J connectivity index is 1.77. The highest BCUT2D eigenvalue weighted by molar-refractivity contribution is 7.11. The van der Waals surface area contributed by atoms with E-state index < -0.39 is 5.63 Å². The molecule has 0 unspecified atom stereocenters. The lowest BCUT2D eigenvalue weighted by atomic mass is 10.1. The van der Waals surface area contributed by atoms with Crippen LogP contribution in [0.3, 0.4) is 0 Å². The van der Waals surface area contributed by atoms with E-state index in [1.807, 2.05) is 0 Å². The van der Waals surface area contributed by atoms with Gasteiger partial charge in [0.05, 0.1) is 31.9 Å². The van der Waals surface area contributed by atoms with Crippen LogP contribution in [0.1, 0.15) is 10.6 Å². The Morgan fingerprint density at radius 2 is 1.87 bits per heavy atom. The van der Waals surface area contributed by atoms with Crippen LogP contribution in [0.2, 0.25) is 20.1 Å². The van der Waals surface area contributed by atoms with Crippen molar-refractivity contribution in [2.45, 2.75) is 0 Å². The van der Waals surface area contributed by atoms with Gasteiger partial charge in [0.25, 0.3) is 0 Å². The average Bonchev–Trinajstić information content (AvgIpc) is 3.18. The summed E-state index contributed by atoms with van der Waals surface area (Å²) in [6.07, 6.45) is 1.65. The Kier molecular flexibility index (Phi) is 5.88. The first-order valence-electron chi connectivity index (χ1n) is 8.32. The summed E-state index contributed by atoms with van der Waals surface area (Å²) in [5, 5.41) is 13.8. The fourth-order valence-electron chi connectivity index (χ4n) is 2.77.